The second-order valence-electron chi connectivity index (χ2n) is 8.99. The molecule has 3 fully saturated rings. The minimum absolute atomic E-state index is 0.0295. The Hall–Kier alpha value is -2.54. The van der Waals surface area contributed by atoms with Gasteiger partial charge in [-0.05, 0) is 74.1 Å². The van der Waals surface area contributed by atoms with Crippen LogP contribution in [0, 0.1) is 22.9 Å². The molecule has 31 heavy (non-hydrogen) atoms. The lowest BCUT2D eigenvalue weighted by atomic mass is 9.73. The van der Waals surface area contributed by atoms with Gasteiger partial charge in [-0.25, -0.2) is 18.0 Å². The smallest absolute Gasteiger partial charge is 0.410 e. The van der Waals surface area contributed by atoms with Gasteiger partial charge in [0.2, 0.25) is 0 Å². The lowest BCUT2D eigenvalue weighted by Gasteiger charge is -2.48. The molecular formula is C24H25F3N2O2. The number of benzene rings is 2. The number of amides is 1. The molecule has 2 bridgehead atoms. The Morgan fingerprint density at radius 1 is 1.00 bits per heavy atom. The van der Waals surface area contributed by atoms with E-state index in [0.717, 1.165) is 62.2 Å². The predicted octanol–water partition coefficient (Wildman–Crippen LogP) is 4.67. The van der Waals surface area contributed by atoms with Crippen LogP contribution in [0.1, 0.15) is 42.0 Å². The summed E-state index contributed by atoms with van der Waals surface area (Å²) in [4.78, 5) is 17.1. The van der Waals surface area contributed by atoms with Crippen molar-refractivity contribution < 1.29 is 22.7 Å². The van der Waals surface area contributed by atoms with E-state index in [1.54, 1.807) is 0 Å². The average molecular weight is 430 g/mol. The van der Waals surface area contributed by atoms with Crippen molar-refractivity contribution >= 4 is 6.09 Å². The van der Waals surface area contributed by atoms with Crippen molar-refractivity contribution in [1.29, 1.82) is 0 Å². The Balaban J connectivity index is 1.43. The number of carbonyl (C=O) groups excluding carboxylic acids is 1. The molecule has 3 saturated heterocycles. The lowest BCUT2D eigenvalue weighted by molar-refractivity contribution is -0.0300. The van der Waals surface area contributed by atoms with E-state index >= 15 is 0 Å². The van der Waals surface area contributed by atoms with Gasteiger partial charge in [0.05, 0.1) is 12.6 Å². The van der Waals surface area contributed by atoms with E-state index in [9.17, 15) is 18.0 Å². The first-order valence-corrected chi connectivity index (χ1v) is 10.8. The van der Waals surface area contributed by atoms with Crippen molar-refractivity contribution in [2.75, 3.05) is 32.8 Å². The number of ether oxygens (including phenoxy) is 1. The van der Waals surface area contributed by atoms with Crippen LogP contribution in [0.15, 0.2) is 36.4 Å². The van der Waals surface area contributed by atoms with Gasteiger partial charge in [0.25, 0.3) is 0 Å². The summed E-state index contributed by atoms with van der Waals surface area (Å²) in [6.45, 7) is 3.82. The molecule has 4 aliphatic rings. The molecule has 6 rings (SSSR count). The summed E-state index contributed by atoms with van der Waals surface area (Å²) in [7, 11) is 0. The summed E-state index contributed by atoms with van der Waals surface area (Å²) in [5.74, 6) is -4.04. The fourth-order valence-electron chi connectivity index (χ4n) is 5.27. The molecule has 0 aliphatic carbocycles. The quantitative estimate of drug-likeness (QED) is 0.664. The predicted molar refractivity (Wildman–Crippen MR) is 109 cm³/mol. The normalized spacial score (nSPS) is 27.1. The van der Waals surface area contributed by atoms with Crippen LogP contribution in [0.5, 0.6) is 0 Å². The van der Waals surface area contributed by atoms with Crippen molar-refractivity contribution in [3.8, 4) is 0 Å². The van der Waals surface area contributed by atoms with E-state index in [1.165, 1.54) is 4.90 Å². The van der Waals surface area contributed by atoms with Gasteiger partial charge < -0.3 is 9.64 Å². The minimum atomic E-state index is -1.51. The Bertz CT molecular complexity index is 967. The second kappa shape index (κ2) is 7.86. The topological polar surface area (TPSA) is 32.8 Å². The third-order valence-corrected chi connectivity index (χ3v) is 7.22. The first-order chi connectivity index (χ1) is 15.0. The molecule has 4 heterocycles. The zero-order valence-corrected chi connectivity index (χ0v) is 17.3. The number of piperidine rings is 3. The fourth-order valence-corrected chi connectivity index (χ4v) is 5.27. The Kier molecular flexibility index (Phi) is 5.16. The van der Waals surface area contributed by atoms with Gasteiger partial charge in [0.1, 0.15) is 0 Å². The molecule has 4 aliphatic heterocycles. The van der Waals surface area contributed by atoms with Crippen LogP contribution < -0.4 is 0 Å². The SMILES string of the molecule is O=C(OCC12CCN(CC1)CC2)N1CCc2ccccc2[C@H]1c1cc(F)c(F)c(F)c1. The van der Waals surface area contributed by atoms with Crippen LogP contribution in [-0.4, -0.2) is 48.7 Å². The summed E-state index contributed by atoms with van der Waals surface area (Å²) in [6, 6.07) is 8.72. The highest BCUT2D eigenvalue weighted by Gasteiger charge is 2.41. The summed E-state index contributed by atoms with van der Waals surface area (Å²) in [5.41, 5.74) is 2.01. The molecule has 164 valence electrons. The molecule has 2 aromatic carbocycles. The largest absolute Gasteiger partial charge is 0.449 e. The molecule has 0 aromatic heterocycles. The summed E-state index contributed by atoms with van der Waals surface area (Å²) >= 11 is 0. The first kappa shape index (κ1) is 20.4. The number of rotatable bonds is 3. The number of fused-ring (bicyclic) bond motifs is 4. The van der Waals surface area contributed by atoms with E-state index in [0.29, 0.717) is 19.6 Å². The fraction of sp³-hybridized carbons (Fsp3) is 0.458. The molecule has 1 amide bonds. The molecule has 2 aromatic rings. The Morgan fingerprint density at radius 3 is 2.32 bits per heavy atom. The van der Waals surface area contributed by atoms with E-state index in [2.05, 4.69) is 4.90 Å². The van der Waals surface area contributed by atoms with Crippen molar-refractivity contribution in [3.63, 3.8) is 0 Å². The van der Waals surface area contributed by atoms with Crippen LogP contribution in [0.4, 0.5) is 18.0 Å². The molecule has 7 heteroatoms. The number of carbonyl (C=O) groups is 1. The van der Waals surface area contributed by atoms with Gasteiger partial charge in [-0.1, -0.05) is 24.3 Å². The van der Waals surface area contributed by atoms with Crippen molar-refractivity contribution in [3.05, 3.63) is 70.5 Å². The van der Waals surface area contributed by atoms with Crippen LogP contribution in [0.2, 0.25) is 0 Å². The summed E-state index contributed by atoms with van der Waals surface area (Å²) < 4.78 is 47.5. The number of halogens is 3. The number of hydrogen-bond acceptors (Lipinski definition) is 3. The average Bonchev–Trinajstić information content (AvgIpc) is 2.81. The van der Waals surface area contributed by atoms with E-state index in [-0.39, 0.29) is 11.0 Å². The summed E-state index contributed by atoms with van der Waals surface area (Å²) in [6.07, 6.45) is 3.17. The van der Waals surface area contributed by atoms with Gasteiger partial charge in [-0.2, -0.15) is 0 Å². The molecule has 1 atom stereocenters. The van der Waals surface area contributed by atoms with Crippen molar-refractivity contribution in [2.45, 2.75) is 31.7 Å². The highest BCUT2D eigenvalue weighted by atomic mass is 19.2. The number of nitrogens with zero attached hydrogens (tertiary/aromatic N) is 2. The van der Waals surface area contributed by atoms with E-state index in [4.69, 9.17) is 4.74 Å². The highest BCUT2D eigenvalue weighted by Crippen LogP contribution is 2.41. The minimum Gasteiger partial charge on any atom is -0.449 e. The highest BCUT2D eigenvalue weighted by molar-refractivity contribution is 5.70. The molecular weight excluding hydrogens is 405 g/mol. The molecule has 0 saturated carbocycles. The monoisotopic (exact) mass is 430 g/mol. The third-order valence-electron chi connectivity index (χ3n) is 7.22. The maximum atomic E-state index is 14.0. The van der Waals surface area contributed by atoms with Gasteiger partial charge in [-0.3, -0.25) is 4.90 Å². The van der Waals surface area contributed by atoms with Gasteiger partial charge >= 0.3 is 6.09 Å². The Labute approximate surface area is 179 Å². The van der Waals surface area contributed by atoms with E-state index in [1.807, 2.05) is 24.3 Å². The van der Waals surface area contributed by atoms with Crippen molar-refractivity contribution in [1.82, 2.24) is 9.80 Å². The Morgan fingerprint density at radius 2 is 1.65 bits per heavy atom. The van der Waals surface area contributed by atoms with E-state index < -0.39 is 29.6 Å². The molecule has 0 unspecified atom stereocenters. The molecule has 0 radical (unpaired) electrons. The van der Waals surface area contributed by atoms with Crippen LogP contribution >= 0.6 is 0 Å². The first-order valence-electron chi connectivity index (χ1n) is 10.8. The van der Waals surface area contributed by atoms with Gasteiger partial charge in [-0.15, -0.1) is 0 Å². The number of hydrogen-bond donors (Lipinski definition) is 0. The molecule has 4 nitrogen and oxygen atoms in total. The van der Waals surface area contributed by atoms with Gasteiger partial charge in [0, 0.05) is 12.0 Å². The molecule has 0 N–H and O–H groups in total. The zero-order chi connectivity index (χ0) is 21.6. The maximum Gasteiger partial charge on any atom is 0.410 e. The zero-order valence-electron chi connectivity index (χ0n) is 17.3. The second-order valence-corrected chi connectivity index (χ2v) is 8.99. The van der Waals surface area contributed by atoms with Crippen LogP contribution in [-0.2, 0) is 11.2 Å². The van der Waals surface area contributed by atoms with Crippen LogP contribution in [0.25, 0.3) is 0 Å². The lowest BCUT2D eigenvalue weighted by Crippen LogP contribution is -2.51. The van der Waals surface area contributed by atoms with Gasteiger partial charge in [0.15, 0.2) is 17.5 Å². The molecule has 0 spiro atoms. The standard InChI is InChI=1S/C24H25F3N2O2/c25-19-13-17(14-20(26)21(19)27)22-18-4-2-1-3-16(18)5-9-29(22)23(30)31-15-24-6-10-28(11-7-24)12-8-24/h1-4,13-14,22H,5-12,15H2/t22-/m1/s1. The van der Waals surface area contributed by atoms with Crippen molar-refractivity contribution in [2.24, 2.45) is 5.41 Å². The summed E-state index contributed by atoms with van der Waals surface area (Å²) in [5, 5.41) is 0. The third kappa shape index (κ3) is 3.69. The van der Waals surface area contributed by atoms with Crippen LogP contribution in [0.3, 0.4) is 0 Å². The maximum absolute atomic E-state index is 14.0.